The van der Waals surface area contributed by atoms with Crippen LogP contribution in [0.4, 0.5) is 0 Å². The Morgan fingerprint density at radius 3 is 2.73 bits per heavy atom. The SMILES string of the molecule is Cc1cc(C=O)c(O)cc1S. The molecule has 1 aromatic rings. The summed E-state index contributed by atoms with van der Waals surface area (Å²) in [5.74, 6) is -0.0180. The Hall–Kier alpha value is -0.960. The first-order valence-electron chi connectivity index (χ1n) is 3.13. The Labute approximate surface area is 70.3 Å². The van der Waals surface area contributed by atoms with Crippen molar-refractivity contribution < 1.29 is 9.90 Å². The quantitative estimate of drug-likeness (QED) is 0.495. The highest BCUT2D eigenvalue weighted by Gasteiger charge is 2.02. The van der Waals surface area contributed by atoms with Crippen LogP contribution in [0.2, 0.25) is 0 Å². The van der Waals surface area contributed by atoms with Crippen molar-refractivity contribution in [2.75, 3.05) is 0 Å². The molecule has 11 heavy (non-hydrogen) atoms. The van der Waals surface area contributed by atoms with Gasteiger partial charge in [-0.1, -0.05) is 0 Å². The first-order chi connectivity index (χ1) is 5.15. The molecule has 0 radical (unpaired) electrons. The van der Waals surface area contributed by atoms with E-state index < -0.39 is 0 Å². The summed E-state index contributed by atoms with van der Waals surface area (Å²) in [5.41, 5.74) is 1.19. The average molecular weight is 168 g/mol. The number of aryl methyl sites for hydroxylation is 1. The molecule has 0 aliphatic carbocycles. The van der Waals surface area contributed by atoms with Gasteiger partial charge in [-0.2, -0.15) is 0 Å². The van der Waals surface area contributed by atoms with E-state index in [0.717, 1.165) is 5.56 Å². The van der Waals surface area contributed by atoms with Crippen LogP contribution >= 0.6 is 12.6 Å². The number of hydrogen-bond acceptors (Lipinski definition) is 3. The summed E-state index contributed by atoms with van der Waals surface area (Å²) in [7, 11) is 0. The van der Waals surface area contributed by atoms with E-state index in [2.05, 4.69) is 12.6 Å². The Kier molecular flexibility index (Phi) is 2.19. The number of aldehydes is 1. The molecule has 0 unspecified atom stereocenters. The zero-order valence-electron chi connectivity index (χ0n) is 6.03. The van der Waals surface area contributed by atoms with Crippen LogP contribution in [0.25, 0.3) is 0 Å². The Balaban J connectivity index is 3.31. The van der Waals surface area contributed by atoms with E-state index in [9.17, 15) is 4.79 Å². The number of phenols is 1. The predicted molar refractivity (Wildman–Crippen MR) is 45.5 cm³/mol. The first kappa shape index (κ1) is 8.14. The molecule has 0 aliphatic heterocycles. The van der Waals surface area contributed by atoms with E-state index in [1.807, 2.05) is 6.92 Å². The summed E-state index contributed by atoms with van der Waals surface area (Å²) >= 11 is 4.08. The van der Waals surface area contributed by atoms with Crippen LogP contribution in [0.3, 0.4) is 0 Å². The molecule has 0 aliphatic rings. The molecule has 1 N–H and O–H groups in total. The second kappa shape index (κ2) is 2.96. The standard InChI is InChI=1S/C8H8O2S/c1-5-2-6(4-9)7(10)3-8(5)11/h2-4,10-11H,1H3. The van der Waals surface area contributed by atoms with E-state index in [1.54, 1.807) is 6.07 Å². The van der Waals surface area contributed by atoms with Crippen LogP contribution < -0.4 is 0 Å². The van der Waals surface area contributed by atoms with Gasteiger partial charge in [0.05, 0.1) is 5.56 Å². The molecule has 0 heterocycles. The van der Waals surface area contributed by atoms with Crippen LogP contribution in [0, 0.1) is 6.92 Å². The van der Waals surface area contributed by atoms with Gasteiger partial charge in [0.1, 0.15) is 5.75 Å². The fourth-order valence-corrected chi connectivity index (χ4v) is 0.989. The molecule has 0 amide bonds. The Bertz CT molecular complexity index is 294. The largest absolute Gasteiger partial charge is 0.507 e. The van der Waals surface area contributed by atoms with E-state index in [4.69, 9.17) is 5.11 Å². The predicted octanol–water partition coefficient (Wildman–Crippen LogP) is 1.80. The molecule has 0 spiro atoms. The van der Waals surface area contributed by atoms with E-state index in [0.29, 0.717) is 16.7 Å². The van der Waals surface area contributed by atoms with Gasteiger partial charge in [-0.3, -0.25) is 4.79 Å². The highest BCUT2D eigenvalue weighted by atomic mass is 32.1. The van der Waals surface area contributed by atoms with Gasteiger partial charge < -0.3 is 5.11 Å². The summed E-state index contributed by atoms with van der Waals surface area (Å²) in [6.07, 6.45) is 0.621. The lowest BCUT2D eigenvalue weighted by Gasteiger charge is -2.01. The summed E-state index contributed by atoms with van der Waals surface area (Å²) in [6, 6.07) is 3.06. The van der Waals surface area contributed by atoms with Crippen molar-refractivity contribution in [2.45, 2.75) is 11.8 Å². The van der Waals surface area contributed by atoms with Gasteiger partial charge in [0.25, 0.3) is 0 Å². The molecule has 1 aromatic carbocycles. The van der Waals surface area contributed by atoms with Crippen molar-refractivity contribution in [3.8, 4) is 5.75 Å². The molecular formula is C8H8O2S. The number of carbonyl (C=O) groups is 1. The van der Waals surface area contributed by atoms with E-state index >= 15 is 0 Å². The number of hydrogen-bond donors (Lipinski definition) is 2. The first-order valence-corrected chi connectivity index (χ1v) is 3.57. The second-order valence-electron chi connectivity index (χ2n) is 2.32. The maximum Gasteiger partial charge on any atom is 0.153 e. The number of benzene rings is 1. The summed E-state index contributed by atoms with van der Waals surface area (Å²) < 4.78 is 0. The molecule has 3 heteroatoms. The van der Waals surface area contributed by atoms with Gasteiger partial charge in [0, 0.05) is 4.90 Å². The van der Waals surface area contributed by atoms with Crippen molar-refractivity contribution in [2.24, 2.45) is 0 Å². The number of aromatic hydroxyl groups is 1. The van der Waals surface area contributed by atoms with Gasteiger partial charge in [-0.15, -0.1) is 12.6 Å². The fourth-order valence-electron chi connectivity index (χ4n) is 0.802. The van der Waals surface area contributed by atoms with E-state index in [1.165, 1.54) is 6.07 Å². The molecule has 0 bridgehead atoms. The van der Waals surface area contributed by atoms with Crippen molar-refractivity contribution >= 4 is 18.9 Å². The maximum atomic E-state index is 10.3. The summed E-state index contributed by atoms with van der Waals surface area (Å²) in [5, 5.41) is 9.14. The third-order valence-electron chi connectivity index (χ3n) is 1.47. The number of thiol groups is 1. The molecule has 0 aromatic heterocycles. The Morgan fingerprint density at radius 1 is 1.55 bits per heavy atom. The third-order valence-corrected chi connectivity index (χ3v) is 1.95. The maximum absolute atomic E-state index is 10.3. The van der Waals surface area contributed by atoms with Gasteiger partial charge >= 0.3 is 0 Å². The minimum atomic E-state index is -0.0180. The smallest absolute Gasteiger partial charge is 0.153 e. The minimum Gasteiger partial charge on any atom is -0.507 e. The molecule has 58 valence electrons. The van der Waals surface area contributed by atoms with E-state index in [-0.39, 0.29) is 5.75 Å². The Morgan fingerprint density at radius 2 is 2.18 bits per heavy atom. The lowest BCUT2D eigenvalue weighted by atomic mass is 10.1. The molecule has 0 saturated heterocycles. The van der Waals surface area contributed by atoms with Crippen LogP contribution in [0.5, 0.6) is 5.75 Å². The van der Waals surface area contributed by atoms with Crippen molar-refractivity contribution in [3.63, 3.8) is 0 Å². The highest BCUT2D eigenvalue weighted by Crippen LogP contribution is 2.22. The van der Waals surface area contributed by atoms with Gasteiger partial charge in [0.2, 0.25) is 0 Å². The zero-order chi connectivity index (χ0) is 8.43. The van der Waals surface area contributed by atoms with Crippen LogP contribution in [0.1, 0.15) is 15.9 Å². The topological polar surface area (TPSA) is 37.3 Å². The zero-order valence-corrected chi connectivity index (χ0v) is 6.93. The number of carbonyl (C=O) groups excluding carboxylic acids is 1. The number of rotatable bonds is 1. The molecular weight excluding hydrogens is 160 g/mol. The molecule has 0 atom stereocenters. The van der Waals surface area contributed by atoms with Crippen LogP contribution in [0.15, 0.2) is 17.0 Å². The van der Waals surface area contributed by atoms with Gasteiger partial charge in [-0.25, -0.2) is 0 Å². The van der Waals surface area contributed by atoms with Crippen molar-refractivity contribution in [3.05, 3.63) is 23.3 Å². The van der Waals surface area contributed by atoms with Crippen molar-refractivity contribution in [1.29, 1.82) is 0 Å². The van der Waals surface area contributed by atoms with Gasteiger partial charge in [0.15, 0.2) is 6.29 Å². The fraction of sp³-hybridized carbons (Fsp3) is 0.125. The average Bonchev–Trinajstić information content (AvgIpc) is 1.97. The normalized spacial score (nSPS) is 9.64. The molecule has 1 rings (SSSR count). The number of phenolic OH excluding ortho intramolecular Hbond substituents is 1. The molecule has 2 nitrogen and oxygen atoms in total. The third kappa shape index (κ3) is 1.54. The monoisotopic (exact) mass is 168 g/mol. The minimum absolute atomic E-state index is 0.0180. The molecule has 0 fully saturated rings. The lowest BCUT2D eigenvalue weighted by molar-refractivity contribution is 0.112. The molecule has 0 saturated carbocycles. The van der Waals surface area contributed by atoms with Gasteiger partial charge in [-0.05, 0) is 24.6 Å². The van der Waals surface area contributed by atoms with Crippen LogP contribution in [-0.2, 0) is 0 Å². The van der Waals surface area contributed by atoms with Crippen LogP contribution in [-0.4, -0.2) is 11.4 Å². The highest BCUT2D eigenvalue weighted by molar-refractivity contribution is 7.80. The lowest BCUT2D eigenvalue weighted by Crippen LogP contribution is -1.84. The van der Waals surface area contributed by atoms with Crippen molar-refractivity contribution in [1.82, 2.24) is 0 Å². The summed E-state index contributed by atoms with van der Waals surface area (Å²) in [4.78, 5) is 11.0. The summed E-state index contributed by atoms with van der Waals surface area (Å²) in [6.45, 7) is 1.83. The second-order valence-corrected chi connectivity index (χ2v) is 2.80.